The molecule has 0 N–H and O–H groups in total. The summed E-state index contributed by atoms with van der Waals surface area (Å²) in [5.74, 6) is 2.31. The van der Waals surface area contributed by atoms with Gasteiger partial charge in [-0.1, -0.05) is 19.1 Å². The van der Waals surface area contributed by atoms with E-state index in [0.717, 1.165) is 12.3 Å². The number of rotatable bonds is 4. The lowest BCUT2D eigenvalue weighted by atomic mass is 10.1. The van der Waals surface area contributed by atoms with Gasteiger partial charge in [0, 0.05) is 28.9 Å². The Kier molecular flexibility index (Phi) is 3.59. The summed E-state index contributed by atoms with van der Waals surface area (Å²) in [7, 11) is 0. The van der Waals surface area contributed by atoms with Crippen LogP contribution in [0.15, 0.2) is 24.3 Å². The third kappa shape index (κ3) is 1.99. The van der Waals surface area contributed by atoms with E-state index in [9.17, 15) is 0 Å². The Bertz CT molecular complexity index is 485. The van der Waals surface area contributed by atoms with E-state index in [1.165, 1.54) is 27.9 Å². The number of aryl methyl sites for hydroxylation is 2. The molecule has 0 saturated heterocycles. The molecular formula is C14H19NS. The van der Waals surface area contributed by atoms with Gasteiger partial charge >= 0.3 is 0 Å². The number of aromatic nitrogens is 1. The summed E-state index contributed by atoms with van der Waals surface area (Å²) in [6.07, 6.45) is 0. The predicted molar refractivity (Wildman–Crippen MR) is 74.2 cm³/mol. The Morgan fingerprint density at radius 1 is 1.25 bits per heavy atom. The van der Waals surface area contributed by atoms with Gasteiger partial charge in [0.2, 0.25) is 0 Å². The summed E-state index contributed by atoms with van der Waals surface area (Å²) < 4.78 is 2.44. The molecule has 2 aromatic rings. The molecule has 0 unspecified atom stereocenters. The second kappa shape index (κ2) is 4.96. The largest absolute Gasteiger partial charge is 0.344 e. The highest BCUT2D eigenvalue weighted by Gasteiger charge is 2.08. The maximum Gasteiger partial charge on any atom is 0.0485 e. The van der Waals surface area contributed by atoms with Crippen LogP contribution in [0.2, 0.25) is 0 Å². The minimum absolute atomic E-state index is 1.06. The summed E-state index contributed by atoms with van der Waals surface area (Å²) in [6, 6.07) is 8.93. The van der Waals surface area contributed by atoms with Gasteiger partial charge < -0.3 is 4.57 Å². The molecule has 0 radical (unpaired) electrons. The fraction of sp³-hybridized carbons (Fsp3) is 0.429. The highest BCUT2D eigenvalue weighted by Crippen LogP contribution is 2.25. The number of hydrogen-bond acceptors (Lipinski definition) is 1. The van der Waals surface area contributed by atoms with Crippen molar-refractivity contribution in [2.24, 2.45) is 0 Å². The molecule has 16 heavy (non-hydrogen) atoms. The number of thioether (sulfide) groups is 1. The minimum atomic E-state index is 1.06. The third-order valence-electron chi connectivity index (χ3n) is 3.02. The molecule has 0 saturated carbocycles. The summed E-state index contributed by atoms with van der Waals surface area (Å²) in [6.45, 7) is 7.70. The van der Waals surface area contributed by atoms with Crippen molar-refractivity contribution < 1.29 is 0 Å². The first-order valence-electron chi connectivity index (χ1n) is 5.93. The Morgan fingerprint density at radius 3 is 2.75 bits per heavy atom. The van der Waals surface area contributed by atoms with Gasteiger partial charge in [0.25, 0.3) is 0 Å². The van der Waals surface area contributed by atoms with Crippen molar-refractivity contribution in [2.75, 3.05) is 5.75 Å². The van der Waals surface area contributed by atoms with E-state index in [0.29, 0.717) is 0 Å². The molecular weight excluding hydrogens is 214 g/mol. The lowest BCUT2D eigenvalue weighted by molar-refractivity contribution is 0.765. The molecule has 1 nitrogen and oxygen atoms in total. The fourth-order valence-corrected chi connectivity index (χ4v) is 2.84. The first kappa shape index (κ1) is 11.6. The van der Waals surface area contributed by atoms with Gasteiger partial charge in [0.05, 0.1) is 0 Å². The lowest BCUT2D eigenvalue weighted by Gasteiger charge is -2.07. The summed E-state index contributed by atoms with van der Waals surface area (Å²) in [5, 5.41) is 1.41. The van der Waals surface area contributed by atoms with Crippen LogP contribution in [-0.4, -0.2) is 10.3 Å². The Labute approximate surface area is 102 Å². The van der Waals surface area contributed by atoms with Crippen LogP contribution in [0.25, 0.3) is 10.9 Å². The first-order chi connectivity index (χ1) is 7.77. The van der Waals surface area contributed by atoms with Crippen molar-refractivity contribution in [3.63, 3.8) is 0 Å². The van der Waals surface area contributed by atoms with Gasteiger partial charge in [-0.15, -0.1) is 0 Å². The van der Waals surface area contributed by atoms with Gasteiger partial charge in [-0.25, -0.2) is 0 Å². The van der Waals surface area contributed by atoms with Gasteiger partial charge in [-0.3, -0.25) is 0 Å². The highest BCUT2D eigenvalue weighted by atomic mass is 32.2. The van der Waals surface area contributed by atoms with Crippen molar-refractivity contribution in [2.45, 2.75) is 33.1 Å². The Hall–Kier alpha value is -0.890. The molecule has 0 aliphatic heterocycles. The van der Waals surface area contributed by atoms with E-state index in [1.54, 1.807) is 0 Å². The van der Waals surface area contributed by atoms with E-state index in [-0.39, 0.29) is 0 Å². The lowest BCUT2D eigenvalue weighted by Crippen LogP contribution is -1.98. The van der Waals surface area contributed by atoms with Gasteiger partial charge in [0.1, 0.15) is 0 Å². The predicted octanol–water partition coefficient (Wildman–Crippen LogP) is 4.22. The third-order valence-corrected chi connectivity index (χ3v) is 3.93. The van der Waals surface area contributed by atoms with E-state index in [1.807, 2.05) is 11.8 Å². The van der Waals surface area contributed by atoms with Gasteiger partial charge in [-0.05, 0) is 37.3 Å². The second-order valence-electron chi connectivity index (χ2n) is 4.02. The molecule has 1 aromatic carbocycles. The van der Waals surface area contributed by atoms with Crippen LogP contribution in [-0.2, 0) is 12.3 Å². The zero-order valence-electron chi connectivity index (χ0n) is 10.3. The van der Waals surface area contributed by atoms with Crippen LogP contribution in [0.4, 0.5) is 0 Å². The number of fused-ring (bicyclic) bond motifs is 1. The average molecular weight is 233 g/mol. The van der Waals surface area contributed by atoms with Crippen LogP contribution in [0.5, 0.6) is 0 Å². The van der Waals surface area contributed by atoms with E-state index < -0.39 is 0 Å². The van der Waals surface area contributed by atoms with Crippen molar-refractivity contribution >= 4 is 22.7 Å². The molecule has 0 aliphatic rings. The van der Waals surface area contributed by atoms with Crippen molar-refractivity contribution in [3.05, 3.63) is 35.5 Å². The number of nitrogens with zero attached hydrogens (tertiary/aromatic N) is 1. The molecule has 2 rings (SSSR count). The normalized spacial score (nSPS) is 11.2. The number of benzene rings is 1. The Balaban J connectivity index is 2.52. The summed E-state index contributed by atoms with van der Waals surface area (Å²) in [5.41, 5.74) is 4.22. The molecule has 1 aromatic heterocycles. The summed E-state index contributed by atoms with van der Waals surface area (Å²) in [4.78, 5) is 0. The Morgan fingerprint density at radius 2 is 2.06 bits per heavy atom. The SMILES string of the molecule is CCSCc1cc2c(C)cccc2n1CC. The van der Waals surface area contributed by atoms with Crippen molar-refractivity contribution in [1.29, 1.82) is 0 Å². The number of hydrogen-bond donors (Lipinski definition) is 0. The van der Waals surface area contributed by atoms with Crippen LogP contribution in [0.3, 0.4) is 0 Å². The van der Waals surface area contributed by atoms with Crippen LogP contribution < -0.4 is 0 Å². The van der Waals surface area contributed by atoms with Crippen molar-refractivity contribution in [1.82, 2.24) is 4.57 Å². The smallest absolute Gasteiger partial charge is 0.0485 e. The monoisotopic (exact) mass is 233 g/mol. The molecule has 0 amide bonds. The topological polar surface area (TPSA) is 4.93 Å². The van der Waals surface area contributed by atoms with Crippen LogP contribution in [0, 0.1) is 6.92 Å². The van der Waals surface area contributed by atoms with Gasteiger partial charge in [-0.2, -0.15) is 11.8 Å². The molecule has 0 bridgehead atoms. The molecule has 2 heteroatoms. The van der Waals surface area contributed by atoms with Gasteiger partial charge in [0.15, 0.2) is 0 Å². The summed E-state index contributed by atoms with van der Waals surface area (Å²) >= 11 is 1.99. The highest BCUT2D eigenvalue weighted by molar-refractivity contribution is 7.98. The fourth-order valence-electron chi connectivity index (χ4n) is 2.19. The second-order valence-corrected chi connectivity index (χ2v) is 5.30. The van der Waals surface area contributed by atoms with E-state index >= 15 is 0 Å². The maximum absolute atomic E-state index is 2.44. The minimum Gasteiger partial charge on any atom is -0.344 e. The first-order valence-corrected chi connectivity index (χ1v) is 7.08. The van der Waals surface area contributed by atoms with Crippen LogP contribution in [0.1, 0.15) is 25.1 Å². The zero-order valence-corrected chi connectivity index (χ0v) is 11.1. The van der Waals surface area contributed by atoms with E-state index in [2.05, 4.69) is 49.6 Å². The molecule has 0 atom stereocenters. The standard InChI is InChI=1S/C14H19NS/c1-4-15-12(10-16-5-2)9-13-11(3)7-6-8-14(13)15/h6-9H,4-5,10H2,1-3H3. The molecule has 86 valence electrons. The quantitative estimate of drug-likeness (QED) is 0.765. The molecule has 1 heterocycles. The zero-order chi connectivity index (χ0) is 11.5. The molecule has 0 aliphatic carbocycles. The molecule has 0 fully saturated rings. The van der Waals surface area contributed by atoms with Crippen LogP contribution >= 0.6 is 11.8 Å². The molecule has 0 spiro atoms. The maximum atomic E-state index is 2.44. The van der Waals surface area contributed by atoms with E-state index in [4.69, 9.17) is 0 Å². The average Bonchev–Trinajstić information content (AvgIpc) is 2.65. The van der Waals surface area contributed by atoms with Crippen molar-refractivity contribution in [3.8, 4) is 0 Å².